The van der Waals surface area contributed by atoms with Crippen molar-refractivity contribution in [3.05, 3.63) is 85.6 Å². The van der Waals surface area contributed by atoms with Gasteiger partial charge in [-0.3, -0.25) is 9.59 Å². The summed E-state index contributed by atoms with van der Waals surface area (Å²) in [7, 11) is 0. The fraction of sp³-hybridized carbons (Fsp3) is 0.143. The topological polar surface area (TPSA) is 99.1 Å². The fourth-order valence-corrected chi connectivity index (χ4v) is 2.62. The van der Waals surface area contributed by atoms with Crippen molar-refractivity contribution in [1.29, 1.82) is 0 Å². The number of hydrogen-bond acceptors (Lipinski definition) is 7. The van der Waals surface area contributed by atoms with Crippen molar-refractivity contribution >= 4 is 63.7 Å². The molecule has 0 bridgehead atoms. The van der Waals surface area contributed by atoms with Gasteiger partial charge in [-0.1, -0.05) is 34.8 Å². The largest absolute Gasteiger partial charge is 0.458 e. The molecule has 3 aromatic rings. The zero-order valence-electron chi connectivity index (χ0n) is 18.9. The number of halogens is 11. The molecule has 0 spiro atoms. The fourth-order valence-electron chi connectivity index (χ4n) is 1.99. The van der Waals surface area contributed by atoms with E-state index < -0.39 is 69.9 Å². The van der Waals surface area contributed by atoms with Crippen LogP contribution < -0.4 is 0 Å². The highest BCUT2D eigenvalue weighted by Gasteiger charge is 2.19. The summed E-state index contributed by atoms with van der Waals surface area (Å²) in [6.07, 6.45) is -0.449. The van der Waals surface area contributed by atoms with Gasteiger partial charge in [0.25, 0.3) is 17.1 Å². The summed E-state index contributed by atoms with van der Waals surface area (Å²) in [6.45, 7) is 3.13. The lowest BCUT2D eigenvalue weighted by molar-refractivity contribution is 0.0368. The van der Waals surface area contributed by atoms with Crippen molar-refractivity contribution in [1.82, 2.24) is 15.0 Å². The van der Waals surface area contributed by atoms with Crippen LogP contribution in [0.1, 0.15) is 45.3 Å². The second-order valence-electron chi connectivity index (χ2n) is 6.78. The molecule has 0 atom stereocenters. The first-order valence-electron chi connectivity index (χ1n) is 9.61. The maximum absolute atomic E-state index is 12.7. The first-order chi connectivity index (χ1) is 18.0. The maximum Gasteiger partial charge on any atom is 0.357 e. The molecule has 210 valence electrons. The molecule has 0 aromatic carbocycles. The smallest absolute Gasteiger partial charge is 0.357 e. The molecule has 0 aliphatic rings. The second-order valence-corrected chi connectivity index (χ2v) is 8.27. The Morgan fingerprint density at radius 3 is 1.62 bits per heavy atom. The van der Waals surface area contributed by atoms with Gasteiger partial charge in [0.2, 0.25) is 11.6 Å². The Morgan fingerprint density at radius 2 is 1.23 bits per heavy atom. The molecule has 18 heteroatoms. The van der Waals surface area contributed by atoms with Crippen LogP contribution in [-0.4, -0.2) is 38.3 Å². The molecule has 0 unspecified atom stereocenters. The highest BCUT2D eigenvalue weighted by atomic mass is 35.5. The van der Waals surface area contributed by atoms with E-state index in [1.165, 1.54) is 6.07 Å². The quantitative estimate of drug-likeness (QED) is 0.130. The lowest BCUT2D eigenvalue weighted by atomic mass is 10.3. The minimum Gasteiger partial charge on any atom is -0.458 e. The van der Waals surface area contributed by atoms with Crippen molar-refractivity contribution in [3.63, 3.8) is 0 Å². The molecule has 0 aliphatic heterocycles. The molecular weight excluding hydrogens is 633 g/mol. The minimum atomic E-state index is -2.12. The number of rotatable bonds is 4. The van der Waals surface area contributed by atoms with Gasteiger partial charge in [0.15, 0.2) is 17.3 Å². The van der Waals surface area contributed by atoms with E-state index in [-0.39, 0.29) is 27.0 Å². The third-order valence-electron chi connectivity index (χ3n) is 3.57. The Bertz CT molecular complexity index is 1280. The van der Waals surface area contributed by atoms with E-state index in [4.69, 9.17) is 46.4 Å². The summed E-state index contributed by atoms with van der Waals surface area (Å²) < 4.78 is 90.7. The standard InChI is InChI=1S/C9H8F3NO2.C6HCl4NO.C6HF4NO/c1-4(2)15-9(14)6-3-5(10)7(11)8(12)13-6;2*7-2-1-3(6(10)12)11-5(9)4(2)8/h3-4H,1-2H3;2*1H. The van der Waals surface area contributed by atoms with Gasteiger partial charge in [-0.05, 0) is 31.5 Å². The van der Waals surface area contributed by atoms with Gasteiger partial charge in [-0.25, -0.2) is 28.5 Å². The highest BCUT2D eigenvalue weighted by Crippen LogP contribution is 2.29. The Morgan fingerprint density at radius 1 is 0.769 bits per heavy atom. The summed E-state index contributed by atoms with van der Waals surface area (Å²) in [5.74, 6) is -11.2. The average molecular weight is 643 g/mol. The number of carbonyl (C=O) groups excluding carboxylic acids is 3. The number of ether oxygens (including phenoxy) is 1. The van der Waals surface area contributed by atoms with Gasteiger partial charge in [0.1, 0.15) is 16.5 Å². The first-order valence-corrected chi connectivity index (χ1v) is 11.1. The molecule has 3 rings (SSSR count). The lowest BCUT2D eigenvalue weighted by Crippen LogP contribution is -2.14. The first kappa shape index (κ1) is 34.0. The van der Waals surface area contributed by atoms with Crippen LogP contribution in [0, 0.1) is 35.2 Å². The molecule has 0 saturated carbocycles. The molecule has 0 radical (unpaired) electrons. The molecule has 0 N–H and O–H groups in total. The number of pyridine rings is 3. The third kappa shape index (κ3) is 10.2. The number of carbonyl (C=O) groups is 3. The predicted octanol–water partition coefficient (Wildman–Crippen LogP) is 7.09. The highest BCUT2D eigenvalue weighted by molar-refractivity contribution is 6.67. The molecule has 7 nitrogen and oxygen atoms in total. The Labute approximate surface area is 233 Å². The van der Waals surface area contributed by atoms with Gasteiger partial charge in [-0.2, -0.15) is 22.0 Å². The van der Waals surface area contributed by atoms with Crippen LogP contribution in [0.15, 0.2) is 18.2 Å². The van der Waals surface area contributed by atoms with Gasteiger partial charge in [-0.15, -0.1) is 0 Å². The average Bonchev–Trinajstić information content (AvgIpc) is 2.83. The summed E-state index contributed by atoms with van der Waals surface area (Å²) in [6, 6.07) is -0.192. The second kappa shape index (κ2) is 14.9. The maximum atomic E-state index is 12.7. The van der Waals surface area contributed by atoms with E-state index in [1.54, 1.807) is 13.8 Å². The molecule has 0 saturated heterocycles. The monoisotopic (exact) mass is 641 g/mol. The van der Waals surface area contributed by atoms with Gasteiger partial charge in [0, 0.05) is 12.1 Å². The van der Waals surface area contributed by atoms with E-state index in [0.717, 1.165) is 0 Å². The van der Waals surface area contributed by atoms with Crippen LogP contribution in [0.4, 0.5) is 30.7 Å². The summed E-state index contributed by atoms with van der Waals surface area (Å²) in [5, 5.41) is -0.496. The zero-order chi connectivity index (χ0) is 30.2. The third-order valence-corrected chi connectivity index (χ3v) is 4.91. The van der Waals surface area contributed by atoms with Crippen molar-refractivity contribution in [3.8, 4) is 0 Å². The van der Waals surface area contributed by atoms with E-state index >= 15 is 0 Å². The normalized spacial score (nSPS) is 10.2. The SMILES string of the molecule is CC(C)OC(=O)c1cc(F)c(F)c(F)n1.O=C(Cl)c1cc(Cl)c(Cl)c(Cl)n1.O=C(F)c1cc(F)c(F)c(F)n1. The molecule has 0 aliphatic carbocycles. The van der Waals surface area contributed by atoms with Crippen LogP contribution in [0.3, 0.4) is 0 Å². The minimum absolute atomic E-state index is 0.0175. The van der Waals surface area contributed by atoms with Crippen LogP contribution >= 0.6 is 46.4 Å². The zero-order valence-corrected chi connectivity index (χ0v) is 22.0. The van der Waals surface area contributed by atoms with E-state index in [1.807, 2.05) is 0 Å². The molecular formula is C21H10Cl4F7N3O4. The molecule has 3 heterocycles. The van der Waals surface area contributed by atoms with Crippen LogP contribution in [0.5, 0.6) is 0 Å². The molecule has 39 heavy (non-hydrogen) atoms. The van der Waals surface area contributed by atoms with Gasteiger partial charge < -0.3 is 4.74 Å². The summed E-state index contributed by atoms with van der Waals surface area (Å²) >= 11 is 21.8. The number of aromatic nitrogens is 3. The molecule has 0 fully saturated rings. The molecule has 3 aromatic heterocycles. The van der Waals surface area contributed by atoms with Gasteiger partial charge in [0.05, 0.1) is 16.1 Å². The number of hydrogen-bond donors (Lipinski definition) is 0. The van der Waals surface area contributed by atoms with Crippen LogP contribution in [0.25, 0.3) is 0 Å². The van der Waals surface area contributed by atoms with Crippen molar-refractivity contribution in [2.24, 2.45) is 0 Å². The van der Waals surface area contributed by atoms with E-state index in [2.05, 4.69) is 19.7 Å². The summed E-state index contributed by atoms with van der Waals surface area (Å²) in [5.41, 5.74) is -1.71. The van der Waals surface area contributed by atoms with Crippen LogP contribution in [-0.2, 0) is 4.74 Å². The van der Waals surface area contributed by atoms with Crippen molar-refractivity contribution in [2.45, 2.75) is 20.0 Å². The van der Waals surface area contributed by atoms with Gasteiger partial charge >= 0.3 is 12.0 Å². The Kier molecular flexibility index (Phi) is 13.0. The van der Waals surface area contributed by atoms with E-state index in [9.17, 15) is 45.1 Å². The Balaban J connectivity index is 0.000000295. The lowest BCUT2D eigenvalue weighted by Gasteiger charge is -2.07. The van der Waals surface area contributed by atoms with Crippen molar-refractivity contribution in [2.75, 3.05) is 0 Å². The van der Waals surface area contributed by atoms with Crippen LogP contribution in [0.2, 0.25) is 15.2 Å². The van der Waals surface area contributed by atoms with E-state index in [0.29, 0.717) is 6.07 Å². The van der Waals surface area contributed by atoms with Crippen molar-refractivity contribution < 1.29 is 49.9 Å². The number of nitrogens with zero attached hydrogens (tertiary/aromatic N) is 3. The Hall–Kier alpha value is -3.07. The number of esters is 1. The predicted molar refractivity (Wildman–Crippen MR) is 124 cm³/mol. The molecule has 0 amide bonds. The summed E-state index contributed by atoms with van der Waals surface area (Å²) in [4.78, 5) is 40.7.